The molecule has 2 rings (SSSR count). The molecule has 18 heavy (non-hydrogen) atoms. The van der Waals surface area contributed by atoms with E-state index in [9.17, 15) is 14.4 Å². The molecule has 2 fully saturated rings. The van der Waals surface area contributed by atoms with Crippen LogP contribution in [0.25, 0.3) is 0 Å². The summed E-state index contributed by atoms with van der Waals surface area (Å²) in [6.45, 7) is 0.0784. The molecule has 0 radical (unpaired) electrons. The van der Waals surface area contributed by atoms with Gasteiger partial charge in [-0.15, -0.1) is 0 Å². The van der Waals surface area contributed by atoms with Crippen LogP contribution in [0, 0.1) is 11.8 Å². The van der Waals surface area contributed by atoms with E-state index in [-0.39, 0.29) is 12.5 Å². The summed E-state index contributed by atoms with van der Waals surface area (Å²) in [7, 11) is 0. The molecule has 1 saturated heterocycles. The first-order valence-electron chi connectivity index (χ1n) is 6.04. The van der Waals surface area contributed by atoms with Crippen LogP contribution in [-0.2, 0) is 19.2 Å². The van der Waals surface area contributed by atoms with Crippen molar-refractivity contribution in [1.82, 2.24) is 10.8 Å². The van der Waals surface area contributed by atoms with Crippen molar-refractivity contribution >= 4 is 17.8 Å². The monoisotopic (exact) mass is 256 g/mol. The summed E-state index contributed by atoms with van der Waals surface area (Å²) in [5, 5.41) is 11.6. The Balaban J connectivity index is 1.97. The van der Waals surface area contributed by atoms with Gasteiger partial charge < -0.3 is 10.4 Å². The molecule has 0 bridgehead atoms. The third kappa shape index (κ3) is 2.61. The summed E-state index contributed by atoms with van der Waals surface area (Å²) in [5.41, 5.74) is 2.14. The second-order valence-electron chi connectivity index (χ2n) is 4.67. The zero-order chi connectivity index (χ0) is 13.1. The van der Waals surface area contributed by atoms with Crippen LogP contribution in [0.5, 0.6) is 0 Å². The van der Waals surface area contributed by atoms with Crippen molar-refractivity contribution in [3.63, 3.8) is 0 Å². The Morgan fingerprint density at radius 1 is 1.28 bits per heavy atom. The van der Waals surface area contributed by atoms with Gasteiger partial charge in [0.25, 0.3) is 5.91 Å². The maximum Gasteiger partial charge on any atom is 0.307 e. The van der Waals surface area contributed by atoms with Gasteiger partial charge in [0, 0.05) is 0 Å². The normalized spacial score (nSPS) is 31.8. The van der Waals surface area contributed by atoms with Crippen LogP contribution < -0.4 is 10.8 Å². The van der Waals surface area contributed by atoms with Crippen molar-refractivity contribution in [3.8, 4) is 0 Å². The predicted molar refractivity (Wildman–Crippen MR) is 59.1 cm³/mol. The number of amides is 2. The average molecular weight is 256 g/mol. The van der Waals surface area contributed by atoms with Gasteiger partial charge in [-0.25, -0.2) is 5.48 Å². The maximum absolute atomic E-state index is 12.0. The molecule has 2 aliphatic rings. The molecule has 7 heteroatoms. The molecule has 0 aromatic rings. The molecule has 2 amide bonds. The first-order chi connectivity index (χ1) is 8.59. The van der Waals surface area contributed by atoms with Gasteiger partial charge in [0.2, 0.25) is 5.91 Å². The van der Waals surface area contributed by atoms with Crippen LogP contribution in [-0.4, -0.2) is 35.5 Å². The Bertz CT molecular complexity index is 370. The minimum Gasteiger partial charge on any atom is -0.481 e. The van der Waals surface area contributed by atoms with Crippen LogP contribution in [0.15, 0.2) is 0 Å². The third-order valence-corrected chi connectivity index (χ3v) is 3.48. The molecular weight excluding hydrogens is 240 g/mol. The Hall–Kier alpha value is -1.63. The molecule has 1 heterocycles. The molecular formula is C11H16N2O5. The van der Waals surface area contributed by atoms with E-state index < -0.39 is 29.8 Å². The average Bonchev–Trinajstić information content (AvgIpc) is 2.75. The van der Waals surface area contributed by atoms with Gasteiger partial charge in [-0.3, -0.25) is 19.2 Å². The Kier molecular flexibility index (Phi) is 3.81. The SMILES string of the molecule is O=C(O)C1CCCCC1C(=O)N[C@@H]1CONC1=O. The highest BCUT2D eigenvalue weighted by Gasteiger charge is 2.38. The van der Waals surface area contributed by atoms with Gasteiger partial charge in [0.15, 0.2) is 0 Å². The molecule has 0 spiro atoms. The lowest BCUT2D eigenvalue weighted by Crippen LogP contribution is -2.47. The number of hydrogen-bond donors (Lipinski definition) is 3. The minimum absolute atomic E-state index is 0.0784. The Labute approximate surface area is 104 Å². The highest BCUT2D eigenvalue weighted by atomic mass is 16.7. The van der Waals surface area contributed by atoms with Gasteiger partial charge in [0.1, 0.15) is 12.6 Å². The molecule has 0 aromatic heterocycles. The zero-order valence-electron chi connectivity index (χ0n) is 9.85. The quantitative estimate of drug-likeness (QED) is 0.627. The van der Waals surface area contributed by atoms with Crippen LogP contribution in [0.1, 0.15) is 25.7 Å². The molecule has 2 unspecified atom stereocenters. The summed E-state index contributed by atoms with van der Waals surface area (Å²) in [6.07, 6.45) is 2.74. The smallest absolute Gasteiger partial charge is 0.307 e. The van der Waals surface area contributed by atoms with Crippen LogP contribution in [0.2, 0.25) is 0 Å². The van der Waals surface area contributed by atoms with E-state index in [4.69, 9.17) is 9.94 Å². The Morgan fingerprint density at radius 3 is 2.50 bits per heavy atom. The lowest BCUT2D eigenvalue weighted by Gasteiger charge is -2.28. The molecule has 1 saturated carbocycles. The standard InChI is InChI=1S/C11H16N2O5/c14-9(12-8-5-18-13-10(8)15)6-3-1-2-4-7(6)11(16)17/h6-8H,1-5H2,(H,12,14)(H,13,15)(H,16,17)/t6?,7?,8-/m1/s1. The topological polar surface area (TPSA) is 105 Å². The number of carboxylic acids is 1. The first-order valence-corrected chi connectivity index (χ1v) is 6.04. The lowest BCUT2D eigenvalue weighted by molar-refractivity contribution is -0.149. The van der Waals surface area contributed by atoms with Crippen molar-refractivity contribution < 1.29 is 24.3 Å². The first kappa shape index (κ1) is 12.8. The molecule has 7 nitrogen and oxygen atoms in total. The second-order valence-corrected chi connectivity index (χ2v) is 4.67. The Morgan fingerprint density at radius 2 is 1.94 bits per heavy atom. The minimum atomic E-state index is -0.943. The van der Waals surface area contributed by atoms with Crippen molar-refractivity contribution in [2.75, 3.05) is 6.61 Å². The number of hydrogen-bond acceptors (Lipinski definition) is 4. The lowest BCUT2D eigenvalue weighted by atomic mass is 9.78. The fraction of sp³-hybridized carbons (Fsp3) is 0.727. The van der Waals surface area contributed by atoms with Gasteiger partial charge in [-0.1, -0.05) is 12.8 Å². The summed E-state index contributed by atoms with van der Waals surface area (Å²) in [5.74, 6) is -2.91. The molecule has 0 aromatic carbocycles. The molecule has 1 aliphatic heterocycles. The van der Waals surface area contributed by atoms with Crippen molar-refractivity contribution in [3.05, 3.63) is 0 Å². The molecule has 100 valence electrons. The number of nitrogens with one attached hydrogen (secondary N) is 2. The van der Waals surface area contributed by atoms with Gasteiger partial charge in [-0.2, -0.15) is 0 Å². The molecule has 3 atom stereocenters. The van der Waals surface area contributed by atoms with Crippen LogP contribution in [0.4, 0.5) is 0 Å². The van der Waals surface area contributed by atoms with E-state index in [2.05, 4.69) is 10.8 Å². The number of aliphatic carboxylic acids is 1. The van der Waals surface area contributed by atoms with E-state index >= 15 is 0 Å². The molecule has 1 aliphatic carbocycles. The summed E-state index contributed by atoms with van der Waals surface area (Å²) >= 11 is 0. The number of hydroxylamine groups is 1. The van der Waals surface area contributed by atoms with Crippen molar-refractivity contribution in [1.29, 1.82) is 0 Å². The zero-order valence-corrected chi connectivity index (χ0v) is 9.85. The number of carbonyl (C=O) groups is 3. The van der Waals surface area contributed by atoms with E-state index in [0.29, 0.717) is 12.8 Å². The van der Waals surface area contributed by atoms with Crippen molar-refractivity contribution in [2.24, 2.45) is 11.8 Å². The van der Waals surface area contributed by atoms with E-state index in [0.717, 1.165) is 12.8 Å². The van der Waals surface area contributed by atoms with Crippen molar-refractivity contribution in [2.45, 2.75) is 31.7 Å². The number of carbonyl (C=O) groups excluding carboxylic acids is 2. The van der Waals surface area contributed by atoms with Crippen LogP contribution >= 0.6 is 0 Å². The van der Waals surface area contributed by atoms with E-state index in [1.54, 1.807) is 0 Å². The second kappa shape index (κ2) is 5.34. The van der Waals surface area contributed by atoms with E-state index in [1.165, 1.54) is 0 Å². The van der Waals surface area contributed by atoms with Gasteiger partial charge in [-0.05, 0) is 12.8 Å². The largest absolute Gasteiger partial charge is 0.481 e. The summed E-state index contributed by atoms with van der Waals surface area (Å²) in [4.78, 5) is 39.0. The van der Waals surface area contributed by atoms with Crippen LogP contribution in [0.3, 0.4) is 0 Å². The number of carboxylic acid groups (broad SMARTS) is 1. The maximum atomic E-state index is 12.0. The molecule has 3 N–H and O–H groups in total. The van der Waals surface area contributed by atoms with Gasteiger partial charge in [0.05, 0.1) is 11.8 Å². The number of rotatable bonds is 3. The fourth-order valence-electron chi connectivity index (χ4n) is 2.47. The highest BCUT2D eigenvalue weighted by molar-refractivity contribution is 5.90. The highest BCUT2D eigenvalue weighted by Crippen LogP contribution is 2.30. The summed E-state index contributed by atoms with van der Waals surface area (Å²) < 4.78 is 0. The van der Waals surface area contributed by atoms with E-state index in [1.807, 2.05) is 0 Å². The third-order valence-electron chi connectivity index (χ3n) is 3.48. The fourth-order valence-corrected chi connectivity index (χ4v) is 2.47. The predicted octanol–water partition coefficient (Wildman–Crippen LogP) is -0.576. The summed E-state index contributed by atoms with van der Waals surface area (Å²) in [6, 6.07) is -0.714. The van der Waals surface area contributed by atoms with Gasteiger partial charge >= 0.3 is 5.97 Å².